The molecule has 0 aromatic heterocycles. The van der Waals surface area contributed by atoms with Crippen LogP contribution in [0.1, 0.15) is 5.56 Å². The highest BCUT2D eigenvalue weighted by molar-refractivity contribution is 9.10. The molecule has 2 aromatic carbocycles. The first kappa shape index (κ1) is 13.1. The third-order valence-corrected chi connectivity index (χ3v) is 3.28. The molecule has 3 N–H and O–H groups in total. The molecule has 0 aliphatic carbocycles. The summed E-state index contributed by atoms with van der Waals surface area (Å²) < 4.78 is 0.908. The van der Waals surface area contributed by atoms with E-state index in [0.29, 0.717) is 17.1 Å². The highest BCUT2D eigenvalue weighted by Gasteiger charge is 2.04. The van der Waals surface area contributed by atoms with Gasteiger partial charge in [-0.05, 0) is 30.3 Å². The highest BCUT2D eigenvalue weighted by Crippen LogP contribution is 2.28. The number of benzene rings is 2. The molecule has 0 radical (unpaired) electrons. The van der Waals surface area contributed by atoms with Gasteiger partial charge in [0.2, 0.25) is 0 Å². The molecule has 5 heteroatoms. The van der Waals surface area contributed by atoms with Gasteiger partial charge < -0.3 is 15.5 Å². The third kappa shape index (κ3) is 3.09. The molecule has 0 saturated carbocycles. The first-order valence-electron chi connectivity index (χ1n) is 5.26. The van der Waals surface area contributed by atoms with Gasteiger partial charge in [0.25, 0.3) is 0 Å². The Kier molecular flexibility index (Phi) is 3.99. The number of phenolic OH excluding ortho intramolecular Hbond substituents is 2. The molecular weight excluding hydrogens is 318 g/mol. The van der Waals surface area contributed by atoms with Crippen LogP contribution >= 0.6 is 27.5 Å². The minimum atomic E-state index is 0.0397. The number of nitrogens with one attached hydrogen (secondary N) is 1. The number of phenols is 2. The van der Waals surface area contributed by atoms with Gasteiger partial charge in [-0.2, -0.15) is 0 Å². The second-order valence-electron chi connectivity index (χ2n) is 3.79. The predicted molar refractivity (Wildman–Crippen MR) is 76.3 cm³/mol. The Labute approximate surface area is 118 Å². The molecule has 2 rings (SSSR count). The van der Waals surface area contributed by atoms with Crippen molar-refractivity contribution in [3.05, 3.63) is 51.5 Å². The second kappa shape index (κ2) is 5.50. The van der Waals surface area contributed by atoms with E-state index in [2.05, 4.69) is 21.2 Å². The second-order valence-corrected chi connectivity index (χ2v) is 5.11. The molecule has 94 valence electrons. The standard InChI is InChI=1S/C13H11BrClNO2/c14-9-2-4-12(11(15)5-9)16-7-8-1-3-10(17)6-13(8)18/h1-6,16-18H,7H2. The summed E-state index contributed by atoms with van der Waals surface area (Å²) in [5.41, 5.74) is 1.47. The first-order valence-corrected chi connectivity index (χ1v) is 6.43. The molecule has 0 fully saturated rings. The smallest absolute Gasteiger partial charge is 0.124 e. The predicted octanol–water partition coefficient (Wildman–Crippen LogP) is 4.13. The first-order chi connectivity index (χ1) is 8.56. The number of aromatic hydroxyl groups is 2. The average Bonchev–Trinajstić information content (AvgIpc) is 2.30. The fraction of sp³-hybridized carbons (Fsp3) is 0.0769. The van der Waals surface area contributed by atoms with Crippen molar-refractivity contribution in [2.75, 3.05) is 5.32 Å². The summed E-state index contributed by atoms with van der Waals surface area (Å²) in [5, 5.41) is 22.6. The molecule has 0 aliphatic heterocycles. The Morgan fingerprint density at radius 2 is 1.89 bits per heavy atom. The van der Waals surface area contributed by atoms with Gasteiger partial charge in [-0.25, -0.2) is 0 Å². The minimum absolute atomic E-state index is 0.0397. The van der Waals surface area contributed by atoms with Gasteiger partial charge in [0.05, 0.1) is 10.7 Å². The van der Waals surface area contributed by atoms with E-state index in [1.165, 1.54) is 12.1 Å². The lowest BCUT2D eigenvalue weighted by atomic mass is 10.2. The van der Waals surface area contributed by atoms with E-state index in [1.807, 2.05) is 12.1 Å². The summed E-state index contributed by atoms with van der Waals surface area (Å²) in [5.74, 6) is 0.0914. The van der Waals surface area contributed by atoms with Crippen molar-refractivity contribution in [3.8, 4) is 11.5 Å². The van der Waals surface area contributed by atoms with E-state index >= 15 is 0 Å². The lowest BCUT2D eigenvalue weighted by molar-refractivity contribution is 0.446. The van der Waals surface area contributed by atoms with Crippen LogP contribution in [0.2, 0.25) is 5.02 Å². The maximum absolute atomic E-state index is 9.64. The molecule has 0 unspecified atom stereocenters. The summed E-state index contributed by atoms with van der Waals surface area (Å²) >= 11 is 9.40. The summed E-state index contributed by atoms with van der Waals surface area (Å²) in [7, 11) is 0. The fourth-order valence-corrected chi connectivity index (χ4v) is 2.27. The monoisotopic (exact) mass is 327 g/mol. The van der Waals surface area contributed by atoms with Crippen LogP contribution in [-0.4, -0.2) is 10.2 Å². The molecule has 0 spiro atoms. The molecule has 0 atom stereocenters. The van der Waals surface area contributed by atoms with Crippen LogP contribution in [0.5, 0.6) is 11.5 Å². The molecule has 3 nitrogen and oxygen atoms in total. The zero-order valence-electron chi connectivity index (χ0n) is 9.32. The van der Waals surface area contributed by atoms with Gasteiger partial charge in [0.15, 0.2) is 0 Å². The average molecular weight is 329 g/mol. The zero-order valence-corrected chi connectivity index (χ0v) is 11.7. The van der Waals surface area contributed by atoms with Crippen molar-refractivity contribution in [3.63, 3.8) is 0 Å². The van der Waals surface area contributed by atoms with Crippen molar-refractivity contribution in [2.24, 2.45) is 0 Å². The molecule has 2 aromatic rings. The number of halogens is 2. The van der Waals surface area contributed by atoms with Crippen molar-refractivity contribution >= 4 is 33.2 Å². The molecule has 0 bridgehead atoms. The van der Waals surface area contributed by atoms with E-state index < -0.39 is 0 Å². The summed E-state index contributed by atoms with van der Waals surface area (Å²) in [6.45, 7) is 0.424. The van der Waals surface area contributed by atoms with Crippen LogP contribution in [0.4, 0.5) is 5.69 Å². The minimum Gasteiger partial charge on any atom is -0.508 e. The van der Waals surface area contributed by atoms with Crippen molar-refractivity contribution in [2.45, 2.75) is 6.54 Å². The van der Waals surface area contributed by atoms with Crippen molar-refractivity contribution < 1.29 is 10.2 Å². The van der Waals surface area contributed by atoms with Crippen LogP contribution in [0.15, 0.2) is 40.9 Å². The van der Waals surface area contributed by atoms with Gasteiger partial charge in [0.1, 0.15) is 11.5 Å². The normalized spacial score (nSPS) is 10.3. The SMILES string of the molecule is Oc1ccc(CNc2ccc(Br)cc2Cl)c(O)c1. The summed E-state index contributed by atoms with van der Waals surface area (Å²) in [6.07, 6.45) is 0. The Morgan fingerprint density at radius 3 is 2.56 bits per heavy atom. The number of hydrogen-bond donors (Lipinski definition) is 3. The van der Waals surface area contributed by atoms with Crippen LogP contribution in [-0.2, 0) is 6.54 Å². The van der Waals surface area contributed by atoms with Crippen LogP contribution in [0.3, 0.4) is 0 Å². The quantitative estimate of drug-likeness (QED) is 0.794. The maximum Gasteiger partial charge on any atom is 0.124 e. The Morgan fingerprint density at radius 1 is 1.11 bits per heavy atom. The molecular formula is C13H11BrClNO2. The topological polar surface area (TPSA) is 52.5 Å². The van der Waals surface area contributed by atoms with Crippen LogP contribution < -0.4 is 5.32 Å². The van der Waals surface area contributed by atoms with Crippen molar-refractivity contribution in [1.29, 1.82) is 0 Å². The molecule has 0 saturated heterocycles. The Bertz CT molecular complexity index is 523. The molecule has 18 heavy (non-hydrogen) atoms. The molecule has 0 heterocycles. The Balaban J connectivity index is 2.11. The molecule has 0 aliphatic rings. The number of rotatable bonds is 3. The fourth-order valence-electron chi connectivity index (χ4n) is 1.53. The van der Waals surface area contributed by atoms with Gasteiger partial charge in [-0.3, -0.25) is 0 Å². The largest absolute Gasteiger partial charge is 0.508 e. The van der Waals surface area contributed by atoms with Gasteiger partial charge in [0, 0.05) is 22.6 Å². The van der Waals surface area contributed by atoms with Crippen LogP contribution in [0, 0.1) is 0 Å². The van der Waals surface area contributed by atoms with Crippen molar-refractivity contribution in [1.82, 2.24) is 0 Å². The zero-order chi connectivity index (χ0) is 13.1. The van der Waals surface area contributed by atoms with E-state index in [0.717, 1.165) is 10.2 Å². The summed E-state index contributed by atoms with van der Waals surface area (Å²) in [4.78, 5) is 0. The lowest BCUT2D eigenvalue weighted by Crippen LogP contribution is -2.00. The number of anilines is 1. The Hall–Kier alpha value is -1.39. The van der Waals surface area contributed by atoms with E-state index in [9.17, 15) is 10.2 Å². The van der Waals surface area contributed by atoms with Crippen LogP contribution in [0.25, 0.3) is 0 Å². The highest BCUT2D eigenvalue weighted by atomic mass is 79.9. The number of hydrogen-bond acceptors (Lipinski definition) is 3. The molecule has 0 amide bonds. The lowest BCUT2D eigenvalue weighted by Gasteiger charge is -2.10. The van der Waals surface area contributed by atoms with E-state index in [4.69, 9.17) is 11.6 Å². The van der Waals surface area contributed by atoms with Gasteiger partial charge in [-0.15, -0.1) is 0 Å². The third-order valence-electron chi connectivity index (χ3n) is 2.47. The maximum atomic E-state index is 9.64. The van der Waals surface area contributed by atoms with Gasteiger partial charge in [-0.1, -0.05) is 27.5 Å². The van der Waals surface area contributed by atoms with E-state index in [-0.39, 0.29) is 11.5 Å². The summed E-state index contributed by atoms with van der Waals surface area (Å²) in [6, 6.07) is 10.0. The van der Waals surface area contributed by atoms with Gasteiger partial charge >= 0.3 is 0 Å². The van der Waals surface area contributed by atoms with E-state index in [1.54, 1.807) is 12.1 Å².